The molecule has 1 aliphatic rings. The molecular formula is C19H19N2O3+. The molecule has 0 bridgehead atoms. The lowest BCUT2D eigenvalue weighted by Crippen LogP contribution is -3.10. The second-order valence-electron chi connectivity index (χ2n) is 6.12. The Balaban J connectivity index is 1.74. The predicted molar refractivity (Wildman–Crippen MR) is 90.0 cm³/mol. The van der Waals surface area contributed by atoms with Crippen LogP contribution in [0.25, 0.3) is 11.0 Å². The van der Waals surface area contributed by atoms with Crippen LogP contribution in [0.15, 0.2) is 51.9 Å². The lowest BCUT2D eigenvalue weighted by Gasteiger charge is -2.26. The first-order chi connectivity index (χ1) is 11.7. The van der Waals surface area contributed by atoms with E-state index in [9.17, 15) is 4.79 Å². The molecule has 5 heteroatoms. The number of hydrogen-bond acceptors (Lipinski definition) is 4. The molecule has 1 aliphatic heterocycles. The van der Waals surface area contributed by atoms with Crippen molar-refractivity contribution in [1.29, 1.82) is 0 Å². The molecule has 1 N–H and O–H groups in total. The van der Waals surface area contributed by atoms with Crippen molar-refractivity contribution < 1.29 is 14.1 Å². The van der Waals surface area contributed by atoms with Gasteiger partial charge in [-0.15, -0.1) is 0 Å². The standard InChI is InChI=1S/C19H18N2O3/c1-2-14-8-18(22)24-19-15(14)5-6-17-16(19)11-21(12-23-17)10-13-4-3-7-20-9-13/h3-9H,2,10-12H2,1H3/p+1. The first-order valence-corrected chi connectivity index (χ1v) is 8.18. The summed E-state index contributed by atoms with van der Waals surface area (Å²) in [6, 6.07) is 9.56. The molecule has 0 amide bonds. The van der Waals surface area contributed by atoms with Gasteiger partial charge in [0.05, 0.1) is 5.56 Å². The van der Waals surface area contributed by atoms with Gasteiger partial charge in [-0.05, 0) is 30.2 Å². The third kappa shape index (κ3) is 2.67. The molecule has 0 saturated carbocycles. The predicted octanol–water partition coefficient (Wildman–Crippen LogP) is 1.69. The average molecular weight is 323 g/mol. The van der Waals surface area contributed by atoms with Crippen molar-refractivity contribution in [3.05, 3.63) is 69.8 Å². The number of benzene rings is 1. The van der Waals surface area contributed by atoms with E-state index in [2.05, 4.69) is 11.1 Å². The monoisotopic (exact) mass is 323 g/mol. The number of ether oxygens (including phenoxy) is 1. The number of hydrogen-bond donors (Lipinski definition) is 1. The maximum atomic E-state index is 11.9. The maximum absolute atomic E-state index is 11.9. The highest BCUT2D eigenvalue weighted by Crippen LogP contribution is 2.30. The Morgan fingerprint density at radius 1 is 1.29 bits per heavy atom. The zero-order valence-electron chi connectivity index (χ0n) is 13.5. The summed E-state index contributed by atoms with van der Waals surface area (Å²) in [7, 11) is 0. The van der Waals surface area contributed by atoms with Gasteiger partial charge in [0.1, 0.15) is 18.8 Å². The molecule has 1 aromatic carbocycles. The van der Waals surface area contributed by atoms with Crippen LogP contribution < -0.4 is 15.3 Å². The number of aromatic nitrogens is 1. The molecule has 122 valence electrons. The molecule has 1 unspecified atom stereocenters. The van der Waals surface area contributed by atoms with Gasteiger partial charge in [-0.1, -0.05) is 13.0 Å². The Kier molecular flexibility index (Phi) is 3.78. The summed E-state index contributed by atoms with van der Waals surface area (Å²) in [5, 5.41) is 1.00. The molecule has 2 aromatic heterocycles. The maximum Gasteiger partial charge on any atom is 0.336 e. The van der Waals surface area contributed by atoms with E-state index in [1.807, 2.05) is 31.3 Å². The minimum Gasteiger partial charge on any atom is -0.445 e. The molecular weight excluding hydrogens is 304 g/mol. The van der Waals surface area contributed by atoms with E-state index >= 15 is 0 Å². The molecule has 0 radical (unpaired) electrons. The molecule has 0 spiro atoms. The van der Waals surface area contributed by atoms with Gasteiger partial charge in [-0.25, -0.2) is 4.79 Å². The molecule has 3 heterocycles. The Morgan fingerprint density at radius 2 is 2.21 bits per heavy atom. The van der Waals surface area contributed by atoms with Crippen LogP contribution in [0, 0.1) is 0 Å². The van der Waals surface area contributed by atoms with E-state index in [-0.39, 0.29) is 5.63 Å². The van der Waals surface area contributed by atoms with E-state index in [1.54, 1.807) is 12.3 Å². The van der Waals surface area contributed by atoms with Gasteiger partial charge >= 0.3 is 5.63 Å². The second kappa shape index (κ2) is 6.09. The van der Waals surface area contributed by atoms with Gasteiger partial charge in [0, 0.05) is 29.4 Å². The van der Waals surface area contributed by atoms with Gasteiger partial charge in [-0.3, -0.25) is 9.88 Å². The number of quaternary nitrogens is 1. The fourth-order valence-electron chi connectivity index (χ4n) is 3.31. The van der Waals surface area contributed by atoms with Crippen molar-refractivity contribution in [1.82, 2.24) is 4.98 Å². The second-order valence-corrected chi connectivity index (χ2v) is 6.12. The van der Waals surface area contributed by atoms with Crippen LogP contribution in [-0.2, 0) is 19.5 Å². The quantitative estimate of drug-likeness (QED) is 0.745. The van der Waals surface area contributed by atoms with E-state index in [1.165, 1.54) is 4.90 Å². The fourth-order valence-corrected chi connectivity index (χ4v) is 3.31. The van der Waals surface area contributed by atoms with Crippen LogP contribution in [0.3, 0.4) is 0 Å². The SMILES string of the molecule is CCc1cc(=O)oc2c3c(ccc12)OC[NH+](Cc1cccnc1)C3. The van der Waals surface area contributed by atoms with Crippen molar-refractivity contribution in [2.75, 3.05) is 6.73 Å². The minimum absolute atomic E-state index is 0.299. The highest BCUT2D eigenvalue weighted by Gasteiger charge is 2.25. The zero-order valence-corrected chi connectivity index (χ0v) is 13.5. The summed E-state index contributed by atoms with van der Waals surface area (Å²) >= 11 is 0. The molecule has 5 nitrogen and oxygen atoms in total. The Bertz CT molecular complexity index is 934. The Hall–Kier alpha value is -2.66. The van der Waals surface area contributed by atoms with Gasteiger partial charge < -0.3 is 9.15 Å². The summed E-state index contributed by atoms with van der Waals surface area (Å²) in [5.41, 5.74) is 3.52. The van der Waals surface area contributed by atoms with Crippen molar-refractivity contribution in [2.45, 2.75) is 26.4 Å². The molecule has 0 saturated heterocycles. The van der Waals surface area contributed by atoms with E-state index in [0.717, 1.165) is 47.3 Å². The highest BCUT2D eigenvalue weighted by atomic mass is 16.5. The topological polar surface area (TPSA) is 56.8 Å². The number of nitrogens with zero attached hydrogens (tertiary/aromatic N) is 1. The number of pyridine rings is 1. The molecule has 24 heavy (non-hydrogen) atoms. The fraction of sp³-hybridized carbons (Fsp3) is 0.263. The van der Waals surface area contributed by atoms with E-state index < -0.39 is 0 Å². The van der Waals surface area contributed by atoms with Gasteiger partial charge in [-0.2, -0.15) is 0 Å². The van der Waals surface area contributed by atoms with Gasteiger partial charge in [0.2, 0.25) is 6.73 Å². The van der Waals surface area contributed by atoms with Crippen LogP contribution in [0.5, 0.6) is 5.75 Å². The van der Waals surface area contributed by atoms with Crippen LogP contribution in [0.2, 0.25) is 0 Å². The number of fused-ring (bicyclic) bond motifs is 3. The lowest BCUT2D eigenvalue weighted by atomic mass is 10.0. The van der Waals surface area contributed by atoms with E-state index in [0.29, 0.717) is 12.3 Å². The first-order valence-electron chi connectivity index (χ1n) is 8.18. The van der Waals surface area contributed by atoms with E-state index in [4.69, 9.17) is 9.15 Å². The van der Waals surface area contributed by atoms with Crippen molar-refractivity contribution in [3.63, 3.8) is 0 Å². The summed E-state index contributed by atoms with van der Waals surface area (Å²) < 4.78 is 11.5. The highest BCUT2D eigenvalue weighted by molar-refractivity contribution is 5.85. The first kappa shape index (κ1) is 14.9. The van der Waals surface area contributed by atoms with Crippen molar-refractivity contribution in [3.8, 4) is 5.75 Å². The average Bonchev–Trinajstić information content (AvgIpc) is 2.62. The summed E-state index contributed by atoms with van der Waals surface area (Å²) in [5.74, 6) is 0.814. The third-order valence-corrected chi connectivity index (χ3v) is 4.47. The third-order valence-electron chi connectivity index (χ3n) is 4.47. The van der Waals surface area contributed by atoms with Crippen molar-refractivity contribution in [2.24, 2.45) is 0 Å². The zero-order chi connectivity index (χ0) is 16.5. The molecule has 1 atom stereocenters. The Labute approximate surface area is 139 Å². The number of nitrogens with one attached hydrogen (secondary N) is 1. The molecule has 4 rings (SSSR count). The molecule has 0 fully saturated rings. The molecule has 0 aliphatic carbocycles. The summed E-state index contributed by atoms with van der Waals surface area (Å²) in [4.78, 5) is 17.3. The summed E-state index contributed by atoms with van der Waals surface area (Å²) in [6.45, 7) is 4.22. The van der Waals surface area contributed by atoms with Crippen molar-refractivity contribution >= 4 is 11.0 Å². The van der Waals surface area contributed by atoms with Gasteiger partial charge in [0.15, 0.2) is 5.58 Å². The van der Waals surface area contributed by atoms with Crippen LogP contribution in [0.1, 0.15) is 23.6 Å². The smallest absolute Gasteiger partial charge is 0.336 e. The Morgan fingerprint density at radius 3 is 3.00 bits per heavy atom. The van der Waals surface area contributed by atoms with Crippen LogP contribution in [-0.4, -0.2) is 11.7 Å². The van der Waals surface area contributed by atoms with Crippen LogP contribution >= 0.6 is 0 Å². The molecule has 3 aromatic rings. The summed E-state index contributed by atoms with van der Waals surface area (Å²) in [6.07, 6.45) is 4.45. The number of aryl methyl sites for hydroxylation is 1. The van der Waals surface area contributed by atoms with Crippen LogP contribution in [0.4, 0.5) is 0 Å². The lowest BCUT2D eigenvalue weighted by molar-refractivity contribution is -0.945. The number of rotatable bonds is 3. The minimum atomic E-state index is -0.299. The normalized spacial score (nSPS) is 16.6. The van der Waals surface area contributed by atoms with Gasteiger partial charge in [0.25, 0.3) is 0 Å². The largest absolute Gasteiger partial charge is 0.445 e.